The van der Waals surface area contributed by atoms with E-state index in [0.717, 1.165) is 0 Å². The fourth-order valence-electron chi connectivity index (χ4n) is 1.56. The van der Waals surface area contributed by atoms with Crippen LogP contribution in [0.15, 0.2) is 35.4 Å². The molecule has 2 aromatic rings. The second-order valence-electron chi connectivity index (χ2n) is 3.39. The van der Waals surface area contributed by atoms with Gasteiger partial charge in [-0.05, 0) is 24.3 Å². The number of rotatable bonds is 3. The Kier molecular flexibility index (Phi) is 3.41. The molecule has 0 fully saturated rings. The molecule has 0 unspecified atom stereocenters. The number of hydrogen-bond acceptors (Lipinski definition) is 4. The molecule has 1 aromatic heterocycles. The predicted octanol–water partition coefficient (Wildman–Crippen LogP) is 2.17. The van der Waals surface area contributed by atoms with Gasteiger partial charge in [0.1, 0.15) is 17.3 Å². The monoisotopic (exact) mass is 281 g/mol. The number of fused-ring (bicyclic) bond motifs is 1. The Morgan fingerprint density at radius 2 is 2.17 bits per heavy atom. The van der Waals surface area contributed by atoms with Crippen LogP contribution >= 0.6 is 10.7 Å². The molecule has 0 saturated heterocycles. The highest BCUT2D eigenvalue weighted by Gasteiger charge is 2.17. The Hall–Kier alpha value is -1.77. The lowest BCUT2D eigenvalue weighted by molar-refractivity contribution is 0.374. The van der Waals surface area contributed by atoms with Gasteiger partial charge in [0.05, 0.1) is 5.52 Å². The van der Waals surface area contributed by atoms with Crippen LogP contribution in [0.3, 0.4) is 0 Å². The first kappa shape index (κ1) is 12.7. The minimum absolute atomic E-state index is 0.0483. The molecular weight excluding hydrogens is 274 g/mol. The van der Waals surface area contributed by atoms with Crippen LogP contribution in [0.2, 0.25) is 0 Å². The third-order valence-corrected chi connectivity index (χ3v) is 3.62. The Labute approximate surface area is 109 Å². The van der Waals surface area contributed by atoms with Crippen molar-refractivity contribution < 1.29 is 13.2 Å². The fraction of sp³-hybridized carbons (Fsp3) is 0.0833. The lowest BCUT2D eigenvalue weighted by Gasteiger charge is -2.08. The number of terminal acetylenes is 1. The molecule has 0 aliphatic carbocycles. The van der Waals surface area contributed by atoms with Gasteiger partial charge in [-0.1, -0.05) is 5.92 Å². The van der Waals surface area contributed by atoms with E-state index in [4.69, 9.17) is 21.8 Å². The molecule has 0 saturated carbocycles. The van der Waals surface area contributed by atoms with Crippen molar-refractivity contribution in [2.75, 3.05) is 6.61 Å². The van der Waals surface area contributed by atoms with Gasteiger partial charge in [-0.15, -0.1) is 6.42 Å². The number of ether oxygens (including phenoxy) is 1. The number of nitrogens with zero attached hydrogens (tertiary/aromatic N) is 1. The van der Waals surface area contributed by atoms with Crippen molar-refractivity contribution in [1.29, 1.82) is 0 Å². The van der Waals surface area contributed by atoms with E-state index < -0.39 is 9.05 Å². The van der Waals surface area contributed by atoms with Gasteiger partial charge in [-0.25, -0.2) is 8.42 Å². The number of halogens is 1. The summed E-state index contributed by atoms with van der Waals surface area (Å²) in [5, 5.41) is 0.550. The summed E-state index contributed by atoms with van der Waals surface area (Å²) in [5.74, 6) is 2.81. The predicted molar refractivity (Wildman–Crippen MR) is 69.1 cm³/mol. The van der Waals surface area contributed by atoms with Crippen molar-refractivity contribution in [3.05, 3.63) is 30.5 Å². The zero-order valence-corrected chi connectivity index (χ0v) is 10.7. The lowest BCUT2D eigenvalue weighted by atomic mass is 10.2. The van der Waals surface area contributed by atoms with E-state index in [0.29, 0.717) is 11.1 Å². The number of aromatic nitrogens is 1. The maximum Gasteiger partial charge on any atom is 0.263 e. The minimum atomic E-state index is -3.85. The van der Waals surface area contributed by atoms with Crippen LogP contribution in [-0.4, -0.2) is 20.0 Å². The molecule has 4 nitrogen and oxygen atoms in total. The summed E-state index contributed by atoms with van der Waals surface area (Å²) in [5.41, 5.74) is 0.266. The van der Waals surface area contributed by atoms with Crippen LogP contribution in [0.1, 0.15) is 0 Å². The van der Waals surface area contributed by atoms with Crippen LogP contribution in [-0.2, 0) is 9.05 Å². The van der Waals surface area contributed by atoms with E-state index in [1.54, 1.807) is 12.1 Å². The van der Waals surface area contributed by atoms with E-state index in [9.17, 15) is 8.42 Å². The van der Waals surface area contributed by atoms with Crippen LogP contribution in [0.5, 0.6) is 5.75 Å². The smallest absolute Gasteiger partial charge is 0.263 e. The van der Waals surface area contributed by atoms with E-state index >= 15 is 0 Å². The first-order valence-electron chi connectivity index (χ1n) is 4.92. The second kappa shape index (κ2) is 4.84. The van der Waals surface area contributed by atoms with Crippen LogP contribution in [0.4, 0.5) is 0 Å². The van der Waals surface area contributed by atoms with E-state index in [-0.39, 0.29) is 17.0 Å². The van der Waals surface area contributed by atoms with Gasteiger partial charge in [0, 0.05) is 22.3 Å². The molecule has 0 spiro atoms. The SMILES string of the molecule is C#CCOc1ccc(S(=O)(=O)Cl)c2ncccc12. The van der Waals surface area contributed by atoms with Crippen molar-refractivity contribution in [3.63, 3.8) is 0 Å². The van der Waals surface area contributed by atoms with Gasteiger partial charge in [0.2, 0.25) is 0 Å². The van der Waals surface area contributed by atoms with E-state index in [1.807, 2.05) is 0 Å². The minimum Gasteiger partial charge on any atom is -0.480 e. The highest BCUT2D eigenvalue weighted by molar-refractivity contribution is 8.14. The zero-order chi connectivity index (χ0) is 13.2. The number of hydrogen-bond donors (Lipinski definition) is 0. The Morgan fingerprint density at radius 1 is 1.39 bits per heavy atom. The Bertz CT molecular complexity index is 735. The van der Waals surface area contributed by atoms with E-state index in [2.05, 4.69) is 10.9 Å². The quantitative estimate of drug-likeness (QED) is 0.639. The Morgan fingerprint density at radius 3 is 2.83 bits per heavy atom. The molecule has 1 aromatic carbocycles. The summed E-state index contributed by atoms with van der Waals surface area (Å²) in [4.78, 5) is 3.97. The summed E-state index contributed by atoms with van der Waals surface area (Å²) in [6, 6.07) is 6.23. The Balaban J connectivity index is 2.71. The van der Waals surface area contributed by atoms with Crippen molar-refractivity contribution in [3.8, 4) is 18.1 Å². The van der Waals surface area contributed by atoms with Gasteiger partial charge >= 0.3 is 0 Å². The average Bonchev–Trinajstić information content (AvgIpc) is 2.34. The second-order valence-corrected chi connectivity index (χ2v) is 5.93. The van der Waals surface area contributed by atoms with Gasteiger partial charge in [-0.3, -0.25) is 4.98 Å². The standard InChI is InChI=1S/C12H8ClNO3S/c1-2-8-17-10-5-6-11(18(13,15)16)12-9(10)4-3-7-14-12/h1,3-7H,8H2. The van der Waals surface area contributed by atoms with Gasteiger partial charge in [0.25, 0.3) is 9.05 Å². The first-order valence-corrected chi connectivity index (χ1v) is 7.23. The molecule has 0 aliphatic heterocycles. The van der Waals surface area contributed by atoms with Crippen molar-refractivity contribution >= 4 is 30.6 Å². The summed E-state index contributed by atoms with van der Waals surface area (Å²) in [6.45, 7) is 0.0942. The molecule has 92 valence electrons. The molecule has 0 bridgehead atoms. The molecule has 0 atom stereocenters. The summed E-state index contributed by atoms with van der Waals surface area (Å²) >= 11 is 0. The van der Waals surface area contributed by atoms with Crippen LogP contribution in [0, 0.1) is 12.3 Å². The molecule has 18 heavy (non-hydrogen) atoms. The molecule has 0 radical (unpaired) electrons. The summed E-state index contributed by atoms with van der Waals surface area (Å²) < 4.78 is 28.2. The van der Waals surface area contributed by atoms with E-state index in [1.165, 1.54) is 18.3 Å². The molecule has 6 heteroatoms. The normalized spacial score (nSPS) is 11.1. The van der Waals surface area contributed by atoms with Crippen molar-refractivity contribution in [2.24, 2.45) is 0 Å². The van der Waals surface area contributed by atoms with Gasteiger partial charge in [0.15, 0.2) is 0 Å². The molecule has 1 heterocycles. The largest absolute Gasteiger partial charge is 0.480 e. The summed E-state index contributed by atoms with van der Waals surface area (Å²) in [6.07, 6.45) is 6.60. The zero-order valence-electron chi connectivity index (χ0n) is 9.13. The highest BCUT2D eigenvalue weighted by atomic mass is 35.7. The van der Waals surface area contributed by atoms with Gasteiger partial charge < -0.3 is 4.74 Å². The summed E-state index contributed by atoms with van der Waals surface area (Å²) in [7, 11) is 1.50. The third-order valence-electron chi connectivity index (χ3n) is 2.27. The maximum atomic E-state index is 11.4. The fourth-order valence-corrected chi connectivity index (χ4v) is 2.56. The lowest BCUT2D eigenvalue weighted by Crippen LogP contribution is -1.98. The topological polar surface area (TPSA) is 56.3 Å². The third kappa shape index (κ3) is 2.40. The molecular formula is C12H8ClNO3S. The molecule has 0 N–H and O–H groups in total. The molecule has 2 rings (SSSR count). The van der Waals surface area contributed by atoms with Crippen LogP contribution in [0.25, 0.3) is 10.9 Å². The molecule has 0 aliphatic rings. The van der Waals surface area contributed by atoms with Crippen molar-refractivity contribution in [2.45, 2.75) is 4.90 Å². The van der Waals surface area contributed by atoms with Crippen molar-refractivity contribution in [1.82, 2.24) is 4.98 Å². The average molecular weight is 282 g/mol. The number of benzene rings is 1. The number of pyridine rings is 1. The first-order chi connectivity index (χ1) is 8.54. The maximum absolute atomic E-state index is 11.4. The van der Waals surface area contributed by atoms with Gasteiger partial charge in [-0.2, -0.15) is 0 Å². The highest BCUT2D eigenvalue weighted by Crippen LogP contribution is 2.30. The van der Waals surface area contributed by atoms with Crippen LogP contribution < -0.4 is 4.74 Å². The molecule has 0 amide bonds.